The van der Waals surface area contributed by atoms with Gasteiger partial charge in [-0.25, -0.2) is 22.9 Å². The van der Waals surface area contributed by atoms with E-state index in [2.05, 4.69) is 20.3 Å². The van der Waals surface area contributed by atoms with Crippen molar-refractivity contribution < 1.29 is 34.0 Å². The number of amides is 2. The fraction of sp³-hybridized carbons (Fsp3) is 0.286. The molecule has 0 saturated heterocycles. The van der Waals surface area contributed by atoms with Gasteiger partial charge in [0.25, 0.3) is 10.0 Å². The maximum absolute atomic E-state index is 12.5. The van der Waals surface area contributed by atoms with Gasteiger partial charge < -0.3 is 12.3 Å². The van der Waals surface area contributed by atoms with Crippen LogP contribution in [0.15, 0.2) is 34.3 Å². The Morgan fingerprint density at radius 2 is 1.72 bits per heavy atom. The van der Waals surface area contributed by atoms with E-state index in [1.807, 2.05) is 0 Å². The molecule has 0 saturated carbocycles. The van der Waals surface area contributed by atoms with Gasteiger partial charge in [0.05, 0.1) is 26.0 Å². The third-order valence-electron chi connectivity index (χ3n) is 3.26. The summed E-state index contributed by atoms with van der Waals surface area (Å²) >= 11 is 0. The SMILES string of the molecule is CCS(=O)(=O)c1cccnc1S(=O)(=O)NC(=O)Nc1nc(OC)cc(OC)n1.[Ca+2].[H-].[H-]. The predicted octanol–water partition coefficient (Wildman–Crippen LogP) is 0.0370. The molecule has 0 aliphatic heterocycles. The van der Waals surface area contributed by atoms with Crippen LogP contribution in [0.25, 0.3) is 0 Å². The van der Waals surface area contributed by atoms with Crippen molar-refractivity contribution in [1.82, 2.24) is 19.7 Å². The van der Waals surface area contributed by atoms with E-state index >= 15 is 0 Å². The Morgan fingerprint density at radius 3 is 2.24 bits per heavy atom. The molecule has 0 spiro atoms. The van der Waals surface area contributed by atoms with Gasteiger partial charge in [0.15, 0.2) is 14.9 Å². The van der Waals surface area contributed by atoms with Gasteiger partial charge in [-0.2, -0.15) is 18.4 Å². The fourth-order valence-electron chi connectivity index (χ4n) is 1.94. The number of carbonyl (C=O) groups excluding carboxylic acids is 1. The zero-order valence-corrected chi connectivity index (χ0v) is 19.6. The fourth-order valence-corrected chi connectivity index (χ4v) is 4.49. The standard InChI is InChI=1S/C14H17N5O7S2.Ca.2H/c1-4-27(21,22)9-6-5-7-15-12(9)28(23,24)19-14(20)18-13-16-10(25-2)8-11(17-13)26-3;;;/h5-8H,4H2,1-3H3,(H2,16,17,18,19,20);;;/q;+2;2*-1. The zero-order chi connectivity index (χ0) is 20.9. The van der Waals surface area contributed by atoms with Crippen LogP contribution >= 0.6 is 0 Å². The molecule has 0 bridgehead atoms. The van der Waals surface area contributed by atoms with E-state index < -0.39 is 35.8 Å². The van der Waals surface area contributed by atoms with E-state index in [0.29, 0.717) is 0 Å². The van der Waals surface area contributed by atoms with E-state index in [1.165, 1.54) is 33.3 Å². The topological polar surface area (TPSA) is 167 Å². The summed E-state index contributed by atoms with van der Waals surface area (Å²) in [5.41, 5.74) is 0. The molecular formula is C14H19CaN5O7S2. The summed E-state index contributed by atoms with van der Waals surface area (Å²) in [4.78, 5) is 22.8. The average molecular weight is 474 g/mol. The van der Waals surface area contributed by atoms with Gasteiger partial charge in [0.2, 0.25) is 17.7 Å². The van der Waals surface area contributed by atoms with E-state index in [-0.39, 0.29) is 64.1 Å². The van der Waals surface area contributed by atoms with Crippen LogP contribution in [0.2, 0.25) is 0 Å². The maximum atomic E-state index is 12.5. The van der Waals surface area contributed by atoms with Gasteiger partial charge in [-0.05, 0) is 12.1 Å². The molecule has 2 heterocycles. The summed E-state index contributed by atoms with van der Waals surface area (Å²) in [7, 11) is -5.85. The summed E-state index contributed by atoms with van der Waals surface area (Å²) in [5.74, 6) is -0.520. The monoisotopic (exact) mass is 473 g/mol. The van der Waals surface area contributed by atoms with Crippen molar-refractivity contribution in [2.24, 2.45) is 0 Å². The molecule has 0 radical (unpaired) electrons. The number of rotatable bonds is 7. The summed E-state index contributed by atoms with van der Waals surface area (Å²) < 4.78 is 60.7. The summed E-state index contributed by atoms with van der Waals surface area (Å²) in [6.07, 6.45) is 1.09. The van der Waals surface area contributed by atoms with Crippen molar-refractivity contribution in [3.05, 3.63) is 24.4 Å². The molecule has 0 aliphatic rings. The number of pyridine rings is 1. The smallest absolute Gasteiger partial charge is 1.00 e. The molecule has 0 aliphatic carbocycles. The average Bonchev–Trinajstić information content (AvgIpc) is 2.67. The second kappa shape index (κ2) is 10.3. The summed E-state index contributed by atoms with van der Waals surface area (Å²) in [6, 6.07) is 2.47. The number of methoxy groups -OCH3 is 2. The van der Waals surface area contributed by atoms with E-state index in [0.717, 1.165) is 12.3 Å². The first-order chi connectivity index (χ1) is 13.1. The summed E-state index contributed by atoms with van der Waals surface area (Å²) in [6.45, 7) is 1.35. The number of anilines is 1. The Labute approximate surface area is 200 Å². The molecule has 0 aromatic carbocycles. The van der Waals surface area contributed by atoms with Gasteiger partial charge in [0, 0.05) is 6.20 Å². The number of hydrogen-bond acceptors (Lipinski definition) is 10. The third-order valence-corrected chi connectivity index (χ3v) is 6.43. The van der Waals surface area contributed by atoms with Crippen LogP contribution in [0.4, 0.5) is 10.7 Å². The first kappa shape index (κ1) is 25.3. The molecule has 2 rings (SSSR count). The minimum atomic E-state index is -4.61. The number of ether oxygens (including phenoxy) is 2. The first-order valence-electron chi connectivity index (χ1n) is 7.61. The van der Waals surface area contributed by atoms with Gasteiger partial charge in [-0.1, -0.05) is 6.92 Å². The quantitative estimate of drug-likeness (QED) is 0.524. The van der Waals surface area contributed by atoms with Crippen molar-refractivity contribution in [2.75, 3.05) is 25.3 Å². The Balaban J connectivity index is 0. The van der Waals surface area contributed by atoms with Gasteiger partial charge in [-0.15, -0.1) is 0 Å². The van der Waals surface area contributed by atoms with Crippen LogP contribution in [0, 0.1) is 0 Å². The molecule has 0 fully saturated rings. The molecule has 2 aromatic rings. The number of sulfonamides is 1. The largest absolute Gasteiger partial charge is 2.00 e. The van der Waals surface area contributed by atoms with Crippen LogP contribution < -0.4 is 19.5 Å². The molecule has 156 valence electrons. The van der Waals surface area contributed by atoms with E-state index in [4.69, 9.17) is 9.47 Å². The minimum Gasteiger partial charge on any atom is -1.00 e. The zero-order valence-electron chi connectivity index (χ0n) is 17.7. The van der Waals surface area contributed by atoms with Gasteiger partial charge >= 0.3 is 43.8 Å². The van der Waals surface area contributed by atoms with Crippen LogP contribution in [-0.2, 0) is 19.9 Å². The number of sulfone groups is 1. The van der Waals surface area contributed by atoms with Crippen LogP contribution in [0.3, 0.4) is 0 Å². The van der Waals surface area contributed by atoms with Crippen molar-refractivity contribution in [3.63, 3.8) is 0 Å². The Kier molecular flexibility index (Phi) is 9.02. The van der Waals surface area contributed by atoms with Crippen molar-refractivity contribution >= 4 is 69.6 Å². The van der Waals surface area contributed by atoms with E-state index in [1.54, 1.807) is 4.72 Å². The molecule has 29 heavy (non-hydrogen) atoms. The molecule has 2 amide bonds. The Morgan fingerprint density at radius 1 is 1.14 bits per heavy atom. The van der Waals surface area contributed by atoms with Crippen LogP contribution in [0.5, 0.6) is 11.8 Å². The normalized spacial score (nSPS) is 11.1. The van der Waals surface area contributed by atoms with Crippen molar-refractivity contribution in [3.8, 4) is 11.8 Å². The maximum Gasteiger partial charge on any atom is 2.00 e. The molecule has 2 aromatic heterocycles. The molecule has 2 N–H and O–H groups in total. The second-order valence-electron chi connectivity index (χ2n) is 5.05. The van der Waals surface area contributed by atoms with Crippen molar-refractivity contribution in [2.45, 2.75) is 16.8 Å². The van der Waals surface area contributed by atoms with Crippen LogP contribution in [-0.4, -0.2) is 95.5 Å². The number of aromatic nitrogens is 3. The number of carbonyl (C=O) groups is 1. The number of nitrogens with zero attached hydrogens (tertiary/aromatic N) is 3. The van der Waals surface area contributed by atoms with Gasteiger partial charge in [0.1, 0.15) is 4.90 Å². The molecule has 15 heteroatoms. The van der Waals surface area contributed by atoms with E-state index in [9.17, 15) is 21.6 Å². The summed E-state index contributed by atoms with van der Waals surface area (Å²) in [5, 5.41) is 1.31. The number of nitrogens with one attached hydrogen (secondary N) is 2. The Bertz CT molecular complexity index is 1080. The minimum absolute atomic E-state index is 0. The Hall–Kier alpha value is -1.74. The third kappa shape index (κ3) is 6.37. The van der Waals surface area contributed by atoms with Crippen LogP contribution in [0.1, 0.15) is 9.78 Å². The predicted molar refractivity (Wildman–Crippen MR) is 104 cm³/mol. The van der Waals surface area contributed by atoms with Crippen molar-refractivity contribution in [1.29, 1.82) is 0 Å². The second-order valence-corrected chi connectivity index (χ2v) is 8.89. The number of hydrogen-bond donors (Lipinski definition) is 2. The first-order valence-corrected chi connectivity index (χ1v) is 10.7. The molecule has 12 nitrogen and oxygen atoms in total. The van der Waals surface area contributed by atoms with Gasteiger partial charge in [-0.3, -0.25) is 5.32 Å². The molecular weight excluding hydrogens is 454 g/mol. The molecule has 0 unspecified atom stereocenters. The number of urea groups is 1. The molecule has 0 atom stereocenters.